The van der Waals surface area contributed by atoms with Gasteiger partial charge in [-0.1, -0.05) is 24.3 Å². The molecule has 4 nitrogen and oxygen atoms in total. The van der Waals surface area contributed by atoms with Crippen molar-refractivity contribution < 1.29 is 13.5 Å². The van der Waals surface area contributed by atoms with Crippen LogP contribution in [-0.4, -0.2) is 38.1 Å². The van der Waals surface area contributed by atoms with E-state index in [0.29, 0.717) is 18.1 Å². The predicted molar refractivity (Wildman–Crippen MR) is 109 cm³/mol. The third kappa shape index (κ3) is 7.15. The van der Waals surface area contributed by atoms with Crippen molar-refractivity contribution in [2.45, 2.75) is 19.6 Å². The highest BCUT2D eigenvalue weighted by Gasteiger charge is 2.11. The Balaban J connectivity index is 0.00000312. The van der Waals surface area contributed by atoms with Gasteiger partial charge < -0.3 is 15.0 Å². The molecule has 0 atom stereocenters. The van der Waals surface area contributed by atoms with E-state index in [1.54, 1.807) is 36.6 Å². The lowest BCUT2D eigenvalue weighted by Gasteiger charge is -2.22. The normalized spacial score (nSPS) is 11.2. The molecule has 1 heterocycles. The number of ether oxygens (including phenoxy) is 1. The molecule has 0 aliphatic rings. The number of halogens is 3. The van der Waals surface area contributed by atoms with Crippen LogP contribution in [0.1, 0.15) is 10.4 Å². The fraction of sp³-hybridized carbons (Fsp3) is 0.353. The minimum atomic E-state index is -2.83. The second-order valence-corrected chi connectivity index (χ2v) is 6.17. The maximum atomic E-state index is 12.5. The SMILES string of the molecule is CN=C(NCc1ccccc1OC(F)F)N(C)CCc1cccs1.I. The number of alkyl halides is 2. The zero-order valence-corrected chi connectivity index (χ0v) is 17.3. The quantitative estimate of drug-likeness (QED) is 0.366. The van der Waals surface area contributed by atoms with E-state index in [1.807, 2.05) is 18.0 Å². The Morgan fingerprint density at radius 1 is 1.28 bits per heavy atom. The van der Waals surface area contributed by atoms with E-state index in [2.05, 4.69) is 26.5 Å². The number of aliphatic imine (C=N–C) groups is 1. The van der Waals surface area contributed by atoms with Gasteiger partial charge in [-0.2, -0.15) is 8.78 Å². The molecule has 0 spiro atoms. The lowest BCUT2D eigenvalue weighted by molar-refractivity contribution is -0.0504. The number of thiophene rings is 1. The van der Waals surface area contributed by atoms with Gasteiger partial charge in [-0.25, -0.2) is 0 Å². The molecule has 1 aromatic heterocycles. The Kier molecular flexibility index (Phi) is 9.73. The molecule has 1 N–H and O–H groups in total. The zero-order valence-electron chi connectivity index (χ0n) is 14.1. The zero-order chi connectivity index (χ0) is 17.4. The van der Waals surface area contributed by atoms with Crippen molar-refractivity contribution in [1.29, 1.82) is 0 Å². The number of likely N-dealkylation sites (N-methyl/N-ethyl adjacent to an activating group) is 1. The Morgan fingerprint density at radius 2 is 2.04 bits per heavy atom. The topological polar surface area (TPSA) is 36.9 Å². The summed E-state index contributed by atoms with van der Waals surface area (Å²) in [5, 5.41) is 5.24. The van der Waals surface area contributed by atoms with Gasteiger partial charge >= 0.3 is 6.61 Å². The molecule has 138 valence electrons. The van der Waals surface area contributed by atoms with Gasteiger partial charge in [-0.05, 0) is 23.9 Å². The van der Waals surface area contributed by atoms with Crippen LogP contribution in [0.2, 0.25) is 0 Å². The van der Waals surface area contributed by atoms with Crippen LogP contribution in [0.3, 0.4) is 0 Å². The standard InChI is InChI=1S/C17H21F2N3OS.HI/c1-20-17(22(2)10-9-14-7-5-11-24-14)21-12-13-6-3-4-8-15(13)23-16(18)19;/h3-8,11,16H,9-10,12H2,1-2H3,(H,20,21);1H. The summed E-state index contributed by atoms with van der Waals surface area (Å²) in [5.74, 6) is 0.884. The Bertz CT molecular complexity index is 653. The van der Waals surface area contributed by atoms with Crippen molar-refractivity contribution >= 4 is 41.3 Å². The molecule has 2 aromatic rings. The van der Waals surface area contributed by atoms with Crippen LogP contribution in [0.15, 0.2) is 46.8 Å². The molecule has 0 radical (unpaired) electrons. The summed E-state index contributed by atoms with van der Waals surface area (Å²) in [6.07, 6.45) is 0.931. The van der Waals surface area contributed by atoms with Crippen molar-refractivity contribution in [1.82, 2.24) is 10.2 Å². The van der Waals surface area contributed by atoms with E-state index in [0.717, 1.165) is 13.0 Å². The smallest absolute Gasteiger partial charge is 0.387 e. The second-order valence-electron chi connectivity index (χ2n) is 5.14. The highest BCUT2D eigenvalue weighted by Crippen LogP contribution is 2.20. The van der Waals surface area contributed by atoms with Gasteiger partial charge in [-0.3, -0.25) is 4.99 Å². The van der Waals surface area contributed by atoms with E-state index in [-0.39, 0.29) is 29.7 Å². The van der Waals surface area contributed by atoms with Gasteiger partial charge in [0.15, 0.2) is 5.96 Å². The first kappa shape index (κ1) is 21.6. The number of guanidine groups is 1. The lowest BCUT2D eigenvalue weighted by atomic mass is 10.2. The predicted octanol–water partition coefficient (Wildman–Crippen LogP) is 4.22. The molecule has 0 aliphatic heterocycles. The lowest BCUT2D eigenvalue weighted by Crippen LogP contribution is -2.39. The van der Waals surface area contributed by atoms with Gasteiger partial charge in [0.05, 0.1) is 0 Å². The number of nitrogens with one attached hydrogen (secondary N) is 1. The van der Waals surface area contributed by atoms with Crippen molar-refractivity contribution in [3.8, 4) is 5.75 Å². The molecule has 0 aliphatic carbocycles. The second kappa shape index (κ2) is 11.2. The number of para-hydroxylation sites is 1. The Morgan fingerprint density at radius 3 is 2.68 bits per heavy atom. The molecular formula is C17H22F2IN3OS. The minimum absolute atomic E-state index is 0. The third-order valence-electron chi connectivity index (χ3n) is 3.47. The first-order valence-corrected chi connectivity index (χ1v) is 8.45. The molecule has 0 fully saturated rings. The average Bonchev–Trinajstić information content (AvgIpc) is 3.08. The van der Waals surface area contributed by atoms with Crippen molar-refractivity contribution in [3.05, 3.63) is 52.2 Å². The molecular weight excluding hydrogens is 459 g/mol. The maximum absolute atomic E-state index is 12.5. The fourth-order valence-electron chi connectivity index (χ4n) is 2.26. The summed E-state index contributed by atoms with van der Waals surface area (Å²) in [5.41, 5.74) is 0.658. The van der Waals surface area contributed by atoms with E-state index in [4.69, 9.17) is 0 Å². The summed E-state index contributed by atoms with van der Waals surface area (Å²) >= 11 is 1.73. The van der Waals surface area contributed by atoms with Crippen molar-refractivity contribution in [2.75, 3.05) is 20.6 Å². The molecule has 0 bridgehead atoms. The number of rotatable bonds is 7. The van der Waals surface area contributed by atoms with Crippen LogP contribution >= 0.6 is 35.3 Å². The maximum Gasteiger partial charge on any atom is 0.387 e. The van der Waals surface area contributed by atoms with Crippen LogP contribution in [0, 0.1) is 0 Å². The third-order valence-corrected chi connectivity index (χ3v) is 4.41. The van der Waals surface area contributed by atoms with Gasteiger partial charge in [-0.15, -0.1) is 35.3 Å². The van der Waals surface area contributed by atoms with E-state index in [9.17, 15) is 8.78 Å². The van der Waals surface area contributed by atoms with E-state index < -0.39 is 6.61 Å². The van der Waals surface area contributed by atoms with Crippen molar-refractivity contribution in [2.24, 2.45) is 4.99 Å². The summed E-state index contributed by atoms with van der Waals surface area (Å²) in [6, 6.07) is 10.9. The largest absolute Gasteiger partial charge is 0.434 e. The summed E-state index contributed by atoms with van der Waals surface area (Å²) in [4.78, 5) is 7.56. The highest BCUT2D eigenvalue weighted by molar-refractivity contribution is 14.0. The van der Waals surface area contributed by atoms with Crippen LogP contribution in [0.5, 0.6) is 5.75 Å². The molecule has 0 amide bonds. The van der Waals surface area contributed by atoms with Gasteiger partial charge in [0.25, 0.3) is 0 Å². The minimum Gasteiger partial charge on any atom is -0.434 e. The first-order chi connectivity index (χ1) is 11.6. The molecule has 0 saturated carbocycles. The molecule has 1 aromatic carbocycles. The summed E-state index contributed by atoms with van der Waals surface area (Å²) < 4.78 is 29.5. The number of hydrogen-bond donors (Lipinski definition) is 1. The van der Waals surface area contributed by atoms with Crippen LogP contribution in [0.4, 0.5) is 8.78 Å². The molecule has 8 heteroatoms. The Labute approximate surface area is 167 Å². The molecule has 0 saturated heterocycles. The fourth-order valence-corrected chi connectivity index (χ4v) is 2.96. The number of nitrogens with zero attached hydrogens (tertiary/aromatic N) is 2. The van der Waals surface area contributed by atoms with Crippen molar-refractivity contribution in [3.63, 3.8) is 0 Å². The van der Waals surface area contributed by atoms with Crippen LogP contribution in [-0.2, 0) is 13.0 Å². The van der Waals surface area contributed by atoms with E-state index in [1.165, 1.54) is 10.9 Å². The van der Waals surface area contributed by atoms with Gasteiger partial charge in [0, 0.05) is 37.6 Å². The molecule has 0 unspecified atom stereocenters. The van der Waals surface area contributed by atoms with E-state index >= 15 is 0 Å². The van der Waals surface area contributed by atoms with Gasteiger partial charge in [0.2, 0.25) is 0 Å². The van der Waals surface area contributed by atoms with Crippen LogP contribution in [0.25, 0.3) is 0 Å². The number of hydrogen-bond acceptors (Lipinski definition) is 3. The highest BCUT2D eigenvalue weighted by atomic mass is 127. The van der Waals surface area contributed by atoms with Crippen LogP contribution < -0.4 is 10.1 Å². The summed E-state index contributed by atoms with van der Waals surface area (Å²) in [7, 11) is 3.65. The Hall–Kier alpha value is -1.42. The average molecular weight is 481 g/mol. The molecule has 2 rings (SSSR count). The first-order valence-electron chi connectivity index (χ1n) is 7.57. The monoisotopic (exact) mass is 481 g/mol. The molecule has 25 heavy (non-hydrogen) atoms. The number of benzene rings is 1. The summed E-state index contributed by atoms with van der Waals surface area (Å²) in [6.45, 7) is -1.66. The van der Waals surface area contributed by atoms with Gasteiger partial charge in [0.1, 0.15) is 5.75 Å².